The van der Waals surface area contributed by atoms with Crippen LogP contribution in [0.5, 0.6) is 0 Å². The Hall–Kier alpha value is -1.77. The molecule has 2 rings (SSSR count). The van der Waals surface area contributed by atoms with E-state index in [0.29, 0.717) is 5.82 Å². The molecule has 0 saturated heterocycles. The molecule has 1 aromatic carbocycles. The fraction of sp³-hybridized carbons (Fsp3) is 0.308. The van der Waals surface area contributed by atoms with Gasteiger partial charge in [0, 0.05) is 12.6 Å². The van der Waals surface area contributed by atoms with Crippen molar-refractivity contribution in [1.82, 2.24) is 9.78 Å². The van der Waals surface area contributed by atoms with Gasteiger partial charge < -0.3 is 5.73 Å². The largest absolute Gasteiger partial charge is 0.383 e. The van der Waals surface area contributed by atoms with Crippen molar-refractivity contribution < 1.29 is 0 Å². The van der Waals surface area contributed by atoms with E-state index in [0.717, 1.165) is 17.5 Å². The summed E-state index contributed by atoms with van der Waals surface area (Å²) in [6.07, 6.45) is 2.86. The minimum atomic E-state index is 0.714. The van der Waals surface area contributed by atoms with E-state index in [9.17, 15) is 0 Å². The van der Waals surface area contributed by atoms with Crippen molar-refractivity contribution in [2.75, 3.05) is 5.73 Å². The molecule has 0 amide bonds. The summed E-state index contributed by atoms with van der Waals surface area (Å²) in [5, 5.41) is 4.16. The standard InChI is InChI=1S/C13H17N3/c1-4-10-7-11(6-5-9(10)2)12-8-15-16(3)13(12)14/h5-8H,4,14H2,1-3H3. The summed E-state index contributed by atoms with van der Waals surface area (Å²) in [6, 6.07) is 6.44. The third-order valence-electron chi connectivity index (χ3n) is 3.03. The summed E-state index contributed by atoms with van der Waals surface area (Å²) in [4.78, 5) is 0. The maximum absolute atomic E-state index is 5.96. The Morgan fingerprint density at radius 2 is 2.12 bits per heavy atom. The Balaban J connectivity index is 2.52. The van der Waals surface area contributed by atoms with E-state index in [-0.39, 0.29) is 0 Å². The van der Waals surface area contributed by atoms with Crippen LogP contribution in [0.1, 0.15) is 18.1 Å². The predicted octanol–water partition coefficient (Wildman–Crippen LogP) is 2.54. The van der Waals surface area contributed by atoms with E-state index < -0.39 is 0 Å². The Labute approximate surface area is 95.9 Å². The van der Waals surface area contributed by atoms with Crippen LogP contribution in [0.15, 0.2) is 24.4 Å². The molecule has 0 aliphatic carbocycles. The number of hydrogen-bond donors (Lipinski definition) is 1. The first-order valence-corrected chi connectivity index (χ1v) is 5.51. The fourth-order valence-electron chi connectivity index (χ4n) is 1.89. The van der Waals surface area contributed by atoms with E-state index in [4.69, 9.17) is 5.73 Å². The highest BCUT2D eigenvalue weighted by atomic mass is 15.3. The monoisotopic (exact) mass is 215 g/mol. The quantitative estimate of drug-likeness (QED) is 0.836. The molecule has 0 atom stereocenters. The molecule has 0 unspecified atom stereocenters. The van der Waals surface area contributed by atoms with Crippen LogP contribution in [0.25, 0.3) is 11.1 Å². The van der Waals surface area contributed by atoms with E-state index in [1.165, 1.54) is 11.1 Å². The number of benzene rings is 1. The highest BCUT2D eigenvalue weighted by molar-refractivity contribution is 5.74. The van der Waals surface area contributed by atoms with Crippen molar-refractivity contribution >= 4 is 5.82 Å². The highest BCUT2D eigenvalue weighted by Gasteiger charge is 2.08. The second-order valence-electron chi connectivity index (χ2n) is 4.06. The molecule has 0 aliphatic heterocycles. The van der Waals surface area contributed by atoms with Crippen LogP contribution >= 0.6 is 0 Å². The van der Waals surface area contributed by atoms with Crippen LogP contribution in [-0.4, -0.2) is 9.78 Å². The number of anilines is 1. The number of rotatable bonds is 2. The maximum atomic E-state index is 5.96. The van der Waals surface area contributed by atoms with Crippen LogP contribution < -0.4 is 5.73 Å². The van der Waals surface area contributed by atoms with Crippen LogP contribution in [0.4, 0.5) is 5.82 Å². The van der Waals surface area contributed by atoms with Gasteiger partial charge in [0.15, 0.2) is 0 Å². The molecule has 0 fully saturated rings. The number of nitrogens with two attached hydrogens (primary N) is 1. The number of aryl methyl sites for hydroxylation is 3. The Bertz CT molecular complexity index is 512. The first-order valence-electron chi connectivity index (χ1n) is 5.51. The molecule has 0 aliphatic rings. The van der Waals surface area contributed by atoms with Gasteiger partial charge in [-0.3, -0.25) is 4.68 Å². The van der Waals surface area contributed by atoms with E-state index in [2.05, 4.69) is 37.1 Å². The maximum Gasteiger partial charge on any atom is 0.129 e. The van der Waals surface area contributed by atoms with Gasteiger partial charge >= 0.3 is 0 Å². The lowest BCUT2D eigenvalue weighted by atomic mass is 10.00. The zero-order valence-corrected chi connectivity index (χ0v) is 9.99. The molecule has 1 aromatic heterocycles. The second-order valence-corrected chi connectivity index (χ2v) is 4.06. The molecule has 84 valence electrons. The highest BCUT2D eigenvalue weighted by Crippen LogP contribution is 2.27. The molecule has 2 aromatic rings. The van der Waals surface area contributed by atoms with Gasteiger partial charge in [-0.05, 0) is 30.0 Å². The molecule has 2 N–H and O–H groups in total. The summed E-state index contributed by atoms with van der Waals surface area (Å²) in [6.45, 7) is 4.30. The lowest BCUT2D eigenvalue weighted by Gasteiger charge is -2.06. The molecule has 16 heavy (non-hydrogen) atoms. The average molecular weight is 215 g/mol. The van der Waals surface area contributed by atoms with Gasteiger partial charge in [-0.1, -0.05) is 25.1 Å². The fourth-order valence-corrected chi connectivity index (χ4v) is 1.89. The average Bonchev–Trinajstić information content (AvgIpc) is 2.61. The van der Waals surface area contributed by atoms with E-state index in [1.807, 2.05) is 13.2 Å². The molecular formula is C13H17N3. The second kappa shape index (κ2) is 4.00. The first-order chi connectivity index (χ1) is 7.63. The summed E-state index contributed by atoms with van der Waals surface area (Å²) < 4.78 is 1.70. The van der Waals surface area contributed by atoms with Crippen LogP contribution in [-0.2, 0) is 13.5 Å². The van der Waals surface area contributed by atoms with Gasteiger partial charge in [-0.2, -0.15) is 5.10 Å². The summed E-state index contributed by atoms with van der Waals surface area (Å²) in [5.74, 6) is 0.714. The van der Waals surface area contributed by atoms with Crippen LogP contribution in [0, 0.1) is 6.92 Å². The van der Waals surface area contributed by atoms with E-state index >= 15 is 0 Å². The van der Waals surface area contributed by atoms with Gasteiger partial charge in [-0.15, -0.1) is 0 Å². The molecule has 3 nitrogen and oxygen atoms in total. The van der Waals surface area contributed by atoms with Gasteiger partial charge in [0.05, 0.1) is 6.20 Å². The van der Waals surface area contributed by atoms with Gasteiger partial charge in [0.1, 0.15) is 5.82 Å². The lowest BCUT2D eigenvalue weighted by molar-refractivity contribution is 0.779. The topological polar surface area (TPSA) is 43.8 Å². The summed E-state index contributed by atoms with van der Waals surface area (Å²) in [5.41, 5.74) is 10.8. The zero-order valence-electron chi connectivity index (χ0n) is 9.99. The van der Waals surface area contributed by atoms with Crippen molar-refractivity contribution in [2.24, 2.45) is 7.05 Å². The Morgan fingerprint density at radius 1 is 1.38 bits per heavy atom. The number of nitrogens with zero attached hydrogens (tertiary/aromatic N) is 2. The molecule has 1 heterocycles. The molecule has 0 radical (unpaired) electrons. The van der Waals surface area contributed by atoms with Crippen molar-refractivity contribution in [3.63, 3.8) is 0 Å². The third-order valence-corrected chi connectivity index (χ3v) is 3.03. The normalized spacial score (nSPS) is 10.7. The van der Waals surface area contributed by atoms with Crippen LogP contribution in [0.3, 0.4) is 0 Å². The summed E-state index contributed by atoms with van der Waals surface area (Å²) in [7, 11) is 1.85. The SMILES string of the molecule is CCc1cc(-c2cnn(C)c2N)ccc1C. The Morgan fingerprint density at radius 3 is 2.69 bits per heavy atom. The number of hydrogen-bond acceptors (Lipinski definition) is 2. The number of aromatic nitrogens is 2. The molecule has 0 saturated carbocycles. The number of nitrogen functional groups attached to an aromatic ring is 1. The molecule has 0 bridgehead atoms. The van der Waals surface area contributed by atoms with Gasteiger partial charge in [0.2, 0.25) is 0 Å². The van der Waals surface area contributed by atoms with Crippen LogP contribution in [0.2, 0.25) is 0 Å². The van der Waals surface area contributed by atoms with Crippen molar-refractivity contribution in [2.45, 2.75) is 20.3 Å². The smallest absolute Gasteiger partial charge is 0.129 e. The first kappa shape index (κ1) is 10.7. The predicted molar refractivity (Wildman–Crippen MR) is 67.2 cm³/mol. The Kier molecular flexibility index (Phi) is 2.69. The van der Waals surface area contributed by atoms with Gasteiger partial charge in [0.25, 0.3) is 0 Å². The van der Waals surface area contributed by atoms with E-state index in [1.54, 1.807) is 4.68 Å². The molecule has 0 spiro atoms. The van der Waals surface area contributed by atoms with Crippen molar-refractivity contribution in [1.29, 1.82) is 0 Å². The zero-order chi connectivity index (χ0) is 11.7. The van der Waals surface area contributed by atoms with Gasteiger partial charge in [-0.25, -0.2) is 0 Å². The molecular weight excluding hydrogens is 198 g/mol. The van der Waals surface area contributed by atoms with Crippen molar-refractivity contribution in [3.8, 4) is 11.1 Å². The minimum Gasteiger partial charge on any atom is -0.383 e. The van der Waals surface area contributed by atoms with Crippen molar-refractivity contribution in [3.05, 3.63) is 35.5 Å². The third kappa shape index (κ3) is 1.69. The lowest BCUT2D eigenvalue weighted by Crippen LogP contribution is -1.98. The summed E-state index contributed by atoms with van der Waals surface area (Å²) >= 11 is 0. The molecule has 3 heteroatoms. The minimum absolute atomic E-state index is 0.714.